The number of hydrogen-bond donors (Lipinski definition) is 1. The Morgan fingerprint density at radius 1 is 1.10 bits per heavy atom. The van der Waals surface area contributed by atoms with E-state index in [0.29, 0.717) is 5.92 Å². The van der Waals surface area contributed by atoms with Crippen molar-refractivity contribution in [2.45, 2.75) is 51.2 Å². The average Bonchev–Trinajstić information content (AvgIpc) is 2.50. The van der Waals surface area contributed by atoms with Crippen LogP contribution in [-0.2, 0) is 10.8 Å². The fourth-order valence-corrected chi connectivity index (χ4v) is 4.06. The van der Waals surface area contributed by atoms with Crippen molar-refractivity contribution in [3.8, 4) is 5.75 Å². The van der Waals surface area contributed by atoms with Crippen molar-refractivity contribution in [2.24, 2.45) is 5.92 Å². The number of rotatable bonds is 8. The summed E-state index contributed by atoms with van der Waals surface area (Å²) in [7, 11) is 0.793. The molecule has 3 nitrogen and oxygen atoms in total. The van der Waals surface area contributed by atoms with Crippen LogP contribution < -0.4 is 10.1 Å². The van der Waals surface area contributed by atoms with Crippen molar-refractivity contribution in [3.63, 3.8) is 0 Å². The fourth-order valence-electron chi connectivity index (χ4n) is 2.33. The molecule has 0 aliphatic carbocycles. The summed E-state index contributed by atoms with van der Waals surface area (Å²) in [5.41, 5.74) is 1.16. The normalized spacial score (nSPS) is 17.3. The van der Waals surface area contributed by atoms with E-state index in [9.17, 15) is 4.21 Å². The molecule has 1 aromatic carbocycles. The molecular weight excluding hydrogens is 282 g/mol. The lowest BCUT2D eigenvalue weighted by Crippen LogP contribution is -2.37. The molecule has 4 atom stereocenters. The summed E-state index contributed by atoms with van der Waals surface area (Å²) in [6, 6.07) is 8.13. The third-order valence-corrected chi connectivity index (χ3v) is 6.32. The number of methoxy groups -OCH3 is 1. The van der Waals surface area contributed by atoms with Crippen LogP contribution in [0.4, 0.5) is 0 Å². The van der Waals surface area contributed by atoms with E-state index in [2.05, 4.69) is 52.1 Å². The molecule has 0 fully saturated rings. The Morgan fingerprint density at radius 3 is 2.10 bits per heavy atom. The van der Waals surface area contributed by atoms with Crippen molar-refractivity contribution in [1.29, 1.82) is 0 Å². The number of benzene rings is 1. The molecular formula is C17H29NO2S. The van der Waals surface area contributed by atoms with Crippen LogP contribution in [0.15, 0.2) is 24.3 Å². The molecule has 21 heavy (non-hydrogen) atoms. The largest absolute Gasteiger partial charge is 0.497 e. The Hall–Kier alpha value is -0.870. The van der Waals surface area contributed by atoms with Gasteiger partial charge in [-0.3, -0.25) is 4.21 Å². The summed E-state index contributed by atoms with van der Waals surface area (Å²) in [4.78, 5) is 0. The minimum atomic E-state index is -0.873. The van der Waals surface area contributed by atoms with Gasteiger partial charge in [-0.25, -0.2) is 0 Å². The minimum Gasteiger partial charge on any atom is -0.497 e. The van der Waals surface area contributed by atoms with Gasteiger partial charge in [-0.15, -0.1) is 0 Å². The van der Waals surface area contributed by atoms with Crippen LogP contribution in [0.2, 0.25) is 0 Å². The first-order valence-electron chi connectivity index (χ1n) is 7.69. The third kappa shape index (κ3) is 4.82. The van der Waals surface area contributed by atoms with Crippen molar-refractivity contribution in [1.82, 2.24) is 5.32 Å². The van der Waals surface area contributed by atoms with Gasteiger partial charge in [0.1, 0.15) is 5.75 Å². The summed E-state index contributed by atoms with van der Waals surface area (Å²) in [5.74, 6) is 1.27. The molecule has 0 amide bonds. The van der Waals surface area contributed by atoms with E-state index in [1.54, 1.807) is 7.11 Å². The zero-order chi connectivity index (χ0) is 16.0. The zero-order valence-electron chi connectivity index (χ0n) is 14.1. The first kappa shape index (κ1) is 18.2. The molecule has 120 valence electrons. The highest BCUT2D eigenvalue weighted by Gasteiger charge is 2.28. The maximum atomic E-state index is 12.7. The SMILES string of the molecule is CCNC(c1ccc(OC)cc1)C(C)S(=O)C(C)C(C)C. The molecule has 0 aromatic heterocycles. The van der Waals surface area contributed by atoms with Crippen LogP contribution in [-0.4, -0.2) is 28.4 Å². The van der Waals surface area contributed by atoms with E-state index in [1.807, 2.05) is 12.1 Å². The minimum absolute atomic E-state index is 0.0655. The third-order valence-electron chi connectivity index (χ3n) is 4.04. The summed E-state index contributed by atoms with van der Waals surface area (Å²) < 4.78 is 17.9. The number of ether oxygens (including phenoxy) is 1. The molecule has 0 aliphatic rings. The van der Waals surface area contributed by atoms with Gasteiger partial charge in [0.2, 0.25) is 0 Å². The Kier molecular flexibility index (Phi) is 7.40. The molecule has 1 aromatic rings. The topological polar surface area (TPSA) is 38.3 Å². The second-order valence-corrected chi connectivity index (χ2v) is 7.94. The monoisotopic (exact) mass is 311 g/mol. The molecule has 0 radical (unpaired) electrons. The fraction of sp³-hybridized carbons (Fsp3) is 0.647. The van der Waals surface area contributed by atoms with Gasteiger partial charge in [-0.2, -0.15) is 0 Å². The lowest BCUT2D eigenvalue weighted by atomic mass is 10.0. The Labute approximate surface area is 131 Å². The standard InChI is InChI=1S/C17H29NO2S/c1-7-18-17(14(5)21(19)13(4)12(2)3)15-8-10-16(20-6)11-9-15/h8-14,17-18H,7H2,1-6H3. The molecule has 1 N–H and O–H groups in total. The Morgan fingerprint density at radius 2 is 1.67 bits per heavy atom. The van der Waals surface area contributed by atoms with E-state index in [4.69, 9.17) is 4.74 Å². The molecule has 0 saturated carbocycles. The second kappa shape index (κ2) is 8.54. The summed E-state index contributed by atoms with van der Waals surface area (Å²) in [6.07, 6.45) is 0. The molecule has 0 aliphatic heterocycles. The van der Waals surface area contributed by atoms with Gasteiger partial charge in [0.15, 0.2) is 0 Å². The van der Waals surface area contributed by atoms with E-state index in [-0.39, 0.29) is 16.5 Å². The van der Waals surface area contributed by atoms with Gasteiger partial charge < -0.3 is 10.1 Å². The first-order chi connectivity index (χ1) is 9.92. The van der Waals surface area contributed by atoms with Crippen molar-refractivity contribution in [3.05, 3.63) is 29.8 Å². The summed E-state index contributed by atoms with van der Waals surface area (Å²) in [5, 5.41) is 3.74. The number of nitrogens with one attached hydrogen (secondary N) is 1. The van der Waals surface area contributed by atoms with E-state index >= 15 is 0 Å². The average molecular weight is 311 g/mol. The highest BCUT2D eigenvalue weighted by Crippen LogP contribution is 2.26. The van der Waals surface area contributed by atoms with Crippen LogP contribution >= 0.6 is 0 Å². The molecule has 0 bridgehead atoms. The summed E-state index contributed by atoms with van der Waals surface area (Å²) >= 11 is 0. The predicted octanol–water partition coefficient (Wildman–Crippen LogP) is 3.53. The molecule has 4 unspecified atom stereocenters. The van der Waals surface area contributed by atoms with Crippen molar-refractivity contribution >= 4 is 10.8 Å². The maximum absolute atomic E-state index is 12.7. The van der Waals surface area contributed by atoms with E-state index in [0.717, 1.165) is 17.9 Å². The van der Waals surface area contributed by atoms with Gasteiger partial charge >= 0.3 is 0 Å². The highest BCUT2D eigenvalue weighted by atomic mass is 32.2. The van der Waals surface area contributed by atoms with Crippen LogP contribution in [0.25, 0.3) is 0 Å². The van der Waals surface area contributed by atoms with Gasteiger partial charge in [0, 0.05) is 22.1 Å². The highest BCUT2D eigenvalue weighted by molar-refractivity contribution is 7.86. The molecule has 1 rings (SSSR count). The van der Waals surface area contributed by atoms with Gasteiger partial charge in [0.25, 0.3) is 0 Å². The first-order valence-corrected chi connectivity index (χ1v) is 8.96. The van der Waals surface area contributed by atoms with Crippen molar-refractivity contribution in [2.75, 3.05) is 13.7 Å². The predicted molar refractivity (Wildman–Crippen MR) is 91.3 cm³/mol. The van der Waals surface area contributed by atoms with Gasteiger partial charge in [-0.05, 0) is 37.1 Å². The van der Waals surface area contributed by atoms with Crippen LogP contribution in [0, 0.1) is 5.92 Å². The van der Waals surface area contributed by atoms with E-state index in [1.165, 1.54) is 0 Å². The van der Waals surface area contributed by atoms with Crippen LogP contribution in [0.1, 0.15) is 46.2 Å². The Balaban J connectivity index is 2.96. The second-order valence-electron chi connectivity index (χ2n) is 5.79. The van der Waals surface area contributed by atoms with Gasteiger partial charge in [0.05, 0.1) is 12.4 Å². The van der Waals surface area contributed by atoms with Crippen LogP contribution in [0.5, 0.6) is 5.75 Å². The molecule has 0 spiro atoms. The molecule has 4 heteroatoms. The van der Waals surface area contributed by atoms with Crippen LogP contribution in [0.3, 0.4) is 0 Å². The zero-order valence-corrected chi connectivity index (χ0v) is 14.9. The smallest absolute Gasteiger partial charge is 0.118 e. The van der Waals surface area contributed by atoms with E-state index < -0.39 is 10.8 Å². The lowest BCUT2D eigenvalue weighted by Gasteiger charge is -2.28. The quantitative estimate of drug-likeness (QED) is 0.798. The molecule has 0 saturated heterocycles. The maximum Gasteiger partial charge on any atom is 0.118 e. The van der Waals surface area contributed by atoms with Crippen molar-refractivity contribution < 1.29 is 8.95 Å². The summed E-state index contributed by atoms with van der Waals surface area (Å²) in [6.45, 7) is 11.4. The Bertz CT molecular complexity index is 445. The molecule has 0 heterocycles. The number of hydrogen-bond acceptors (Lipinski definition) is 3. The lowest BCUT2D eigenvalue weighted by molar-refractivity contribution is 0.414. The van der Waals surface area contributed by atoms with Gasteiger partial charge in [-0.1, -0.05) is 39.8 Å².